The van der Waals surface area contributed by atoms with Crippen molar-refractivity contribution in [1.29, 1.82) is 0 Å². The van der Waals surface area contributed by atoms with Crippen LogP contribution < -0.4 is 0 Å². The molecule has 1 N–H and O–H groups in total. The summed E-state index contributed by atoms with van der Waals surface area (Å²) in [6, 6.07) is 0. The maximum Gasteiger partial charge on any atom is 0.303 e. The molecular weight excluding hydrogens is 408 g/mol. The molecule has 0 heterocycles. The Morgan fingerprint density at radius 3 is 2.34 bits per heavy atom. The number of hydrogen-bond donors (Lipinski definition) is 1. The molecular formula is C26H42O6. The van der Waals surface area contributed by atoms with Crippen LogP contribution in [0.2, 0.25) is 0 Å². The third-order valence-electron chi connectivity index (χ3n) is 5.58. The van der Waals surface area contributed by atoms with E-state index in [2.05, 4.69) is 39.0 Å². The first-order valence-corrected chi connectivity index (χ1v) is 11.7. The summed E-state index contributed by atoms with van der Waals surface area (Å²) >= 11 is 0. The average molecular weight is 451 g/mol. The van der Waals surface area contributed by atoms with Crippen molar-refractivity contribution in [2.24, 2.45) is 23.7 Å². The van der Waals surface area contributed by atoms with Gasteiger partial charge in [0.05, 0.1) is 18.4 Å². The van der Waals surface area contributed by atoms with Gasteiger partial charge < -0.3 is 19.3 Å². The van der Waals surface area contributed by atoms with Crippen LogP contribution in [0.1, 0.15) is 54.9 Å². The highest BCUT2D eigenvalue weighted by Crippen LogP contribution is 2.36. The van der Waals surface area contributed by atoms with Gasteiger partial charge in [0.25, 0.3) is 0 Å². The maximum absolute atomic E-state index is 13.0. The molecule has 1 rings (SSSR count). The van der Waals surface area contributed by atoms with Crippen LogP contribution in [0, 0.1) is 23.7 Å². The fourth-order valence-electron chi connectivity index (χ4n) is 3.96. The Labute approximate surface area is 193 Å². The highest BCUT2D eigenvalue weighted by atomic mass is 16.6. The molecule has 0 aromatic rings. The minimum atomic E-state index is -1.30. The van der Waals surface area contributed by atoms with Crippen LogP contribution in [0.4, 0.5) is 0 Å². The SMILES string of the molecule is CCOCC1C(=O)C(O)C(C(C)=CC=CC(C)C=CCC(C)C)C(OC(C)=O)C1OCC. The van der Waals surface area contributed by atoms with Crippen LogP contribution in [-0.2, 0) is 23.8 Å². The third-order valence-corrected chi connectivity index (χ3v) is 5.58. The molecule has 0 aromatic heterocycles. The predicted molar refractivity (Wildman–Crippen MR) is 126 cm³/mol. The molecule has 6 unspecified atom stereocenters. The second-order valence-corrected chi connectivity index (χ2v) is 8.85. The van der Waals surface area contributed by atoms with Crippen molar-refractivity contribution in [3.05, 3.63) is 36.0 Å². The lowest BCUT2D eigenvalue weighted by atomic mass is 9.71. The molecule has 0 aliphatic heterocycles. The van der Waals surface area contributed by atoms with Gasteiger partial charge in [0.15, 0.2) is 5.78 Å². The molecule has 1 aliphatic carbocycles. The first-order chi connectivity index (χ1) is 15.1. The lowest BCUT2D eigenvalue weighted by Crippen LogP contribution is -2.59. The molecule has 0 saturated heterocycles. The zero-order valence-corrected chi connectivity index (χ0v) is 20.7. The highest BCUT2D eigenvalue weighted by Gasteiger charge is 2.52. The van der Waals surface area contributed by atoms with Gasteiger partial charge in [-0.05, 0) is 39.0 Å². The number of rotatable bonds is 12. The molecule has 6 heteroatoms. The van der Waals surface area contributed by atoms with E-state index in [1.165, 1.54) is 6.92 Å². The summed E-state index contributed by atoms with van der Waals surface area (Å²) in [5, 5.41) is 10.9. The van der Waals surface area contributed by atoms with E-state index in [1.807, 2.05) is 32.9 Å². The Balaban J connectivity index is 3.15. The molecule has 1 fully saturated rings. The lowest BCUT2D eigenvalue weighted by Gasteiger charge is -2.43. The molecule has 1 saturated carbocycles. The van der Waals surface area contributed by atoms with Crippen molar-refractivity contribution < 1.29 is 28.9 Å². The monoisotopic (exact) mass is 450 g/mol. The Kier molecular flexibility index (Phi) is 12.7. The number of ketones is 1. The zero-order chi connectivity index (χ0) is 24.3. The largest absolute Gasteiger partial charge is 0.459 e. The number of hydrogen-bond acceptors (Lipinski definition) is 6. The van der Waals surface area contributed by atoms with Crippen molar-refractivity contribution in [3.8, 4) is 0 Å². The topological polar surface area (TPSA) is 82.1 Å². The lowest BCUT2D eigenvalue weighted by molar-refractivity contribution is -0.188. The molecule has 182 valence electrons. The van der Waals surface area contributed by atoms with Crippen LogP contribution in [0.25, 0.3) is 0 Å². The highest BCUT2D eigenvalue weighted by molar-refractivity contribution is 5.88. The Morgan fingerprint density at radius 2 is 1.78 bits per heavy atom. The van der Waals surface area contributed by atoms with Gasteiger partial charge >= 0.3 is 5.97 Å². The number of ether oxygens (including phenoxy) is 3. The van der Waals surface area contributed by atoms with E-state index in [9.17, 15) is 14.7 Å². The van der Waals surface area contributed by atoms with E-state index in [0.717, 1.165) is 12.0 Å². The second kappa shape index (κ2) is 14.4. The van der Waals surface area contributed by atoms with Gasteiger partial charge in [-0.15, -0.1) is 0 Å². The van der Waals surface area contributed by atoms with Crippen LogP contribution in [0.5, 0.6) is 0 Å². The Hall–Kier alpha value is -1.76. The summed E-state index contributed by atoms with van der Waals surface area (Å²) in [6.45, 7) is 14.2. The summed E-state index contributed by atoms with van der Waals surface area (Å²) in [5.41, 5.74) is 0.756. The van der Waals surface area contributed by atoms with Crippen molar-refractivity contribution in [2.75, 3.05) is 19.8 Å². The molecule has 6 atom stereocenters. The Morgan fingerprint density at radius 1 is 1.09 bits per heavy atom. The number of aliphatic hydroxyl groups excluding tert-OH is 1. The predicted octanol–water partition coefficient (Wildman–Crippen LogP) is 4.28. The standard InChI is InChI=1S/C26H42O6/c1-8-30-16-21-23(28)24(29)22(26(32-20(7)27)25(21)31-9-2)19(6)15-11-14-18(5)13-10-12-17(3)4/h10-11,13-15,17-18,21-22,24-26,29H,8-9,12,16H2,1-7H3. The summed E-state index contributed by atoms with van der Waals surface area (Å²) < 4.78 is 17.0. The number of aliphatic hydroxyl groups is 1. The molecule has 6 nitrogen and oxygen atoms in total. The minimum absolute atomic E-state index is 0.116. The van der Waals surface area contributed by atoms with Crippen LogP contribution in [0.3, 0.4) is 0 Å². The van der Waals surface area contributed by atoms with Crippen molar-refractivity contribution >= 4 is 11.8 Å². The summed E-state index contributed by atoms with van der Waals surface area (Å²) in [5.74, 6) is -1.32. The van der Waals surface area contributed by atoms with Crippen LogP contribution >= 0.6 is 0 Å². The van der Waals surface area contributed by atoms with Crippen molar-refractivity contribution in [3.63, 3.8) is 0 Å². The van der Waals surface area contributed by atoms with Gasteiger partial charge in [0.1, 0.15) is 18.3 Å². The van der Waals surface area contributed by atoms with Gasteiger partial charge in [0.2, 0.25) is 0 Å². The van der Waals surface area contributed by atoms with Gasteiger partial charge in [-0.3, -0.25) is 9.59 Å². The van der Waals surface area contributed by atoms with E-state index in [1.54, 1.807) is 0 Å². The minimum Gasteiger partial charge on any atom is -0.459 e. The Bertz CT molecular complexity index is 678. The fourth-order valence-corrected chi connectivity index (χ4v) is 3.96. The molecule has 0 radical (unpaired) electrons. The van der Waals surface area contributed by atoms with E-state index in [0.29, 0.717) is 19.1 Å². The smallest absolute Gasteiger partial charge is 0.303 e. The third kappa shape index (κ3) is 8.64. The van der Waals surface area contributed by atoms with Gasteiger partial charge in [-0.2, -0.15) is 0 Å². The average Bonchev–Trinajstić information content (AvgIpc) is 2.71. The first kappa shape index (κ1) is 28.3. The molecule has 32 heavy (non-hydrogen) atoms. The molecule has 0 aromatic carbocycles. The van der Waals surface area contributed by atoms with E-state index in [-0.39, 0.29) is 18.3 Å². The second-order valence-electron chi connectivity index (χ2n) is 8.85. The molecule has 1 aliphatic rings. The maximum atomic E-state index is 13.0. The molecule has 0 spiro atoms. The quantitative estimate of drug-likeness (QED) is 0.272. The number of allylic oxidation sites excluding steroid dienone is 5. The fraction of sp³-hybridized carbons (Fsp3) is 0.692. The normalized spacial score (nSPS) is 28.1. The number of esters is 1. The molecule has 0 bridgehead atoms. The number of carbonyl (C=O) groups excluding carboxylic acids is 2. The van der Waals surface area contributed by atoms with Gasteiger partial charge in [-0.25, -0.2) is 0 Å². The van der Waals surface area contributed by atoms with Crippen molar-refractivity contribution in [1.82, 2.24) is 0 Å². The molecule has 0 amide bonds. The summed E-state index contributed by atoms with van der Waals surface area (Å²) in [4.78, 5) is 24.9. The van der Waals surface area contributed by atoms with Crippen molar-refractivity contribution in [2.45, 2.75) is 73.2 Å². The zero-order valence-electron chi connectivity index (χ0n) is 20.7. The van der Waals surface area contributed by atoms with E-state index >= 15 is 0 Å². The van der Waals surface area contributed by atoms with E-state index < -0.39 is 36.1 Å². The first-order valence-electron chi connectivity index (χ1n) is 11.7. The number of Topliss-reactive ketones (excluding diaryl/α,β-unsaturated/α-hetero) is 1. The number of carbonyl (C=O) groups is 2. The summed E-state index contributed by atoms with van der Waals surface area (Å²) in [6.07, 6.45) is 8.46. The summed E-state index contributed by atoms with van der Waals surface area (Å²) in [7, 11) is 0. The van der Waals surface area contributed by atoms with Gasteiger partial charge in [0, 0.05) is 20.1 Å². The van der Waals surface area contributed by atoms with Gasteiger partial charge in [-0.1, -0.05) is 56.7 Å². The van der Waals surface area contributed by atoms with E-state index in [4.69, 9.17) is 14.2 Å². The van der Waals surface area contributed by atoms with Crippen LogP contribution in [0.15, 0.2) is 36.0 Å². The van der Waals surface area contributed by atoms with Crippen LogP contribution in [-0.4, -0.2) is 55.0 Å².